The molecule has 0 saturated carbocycles. The van der Waals surface area contributed by atoms with Gasteiger partial charge in [-0.25, -0.2) is 4.79 Å². The lowest BCUT2D eigenvalue weighted by molar-refractivity contribution is 0.252. The highest BCUT2D eigenvalue weighted by molar-refractivity contribution is 5.99. The molecule has 0 aliphatic carbocycles. The third-order valence-corrected chi connectivity index (χ3v) is 3.57. The van der Waals surface area contributed by atoms with Crippen molar-refractivity contribution < 1.29 is 9.53 Å². The quantitative estimate of drug-likeness (QED) is 0.748. The van der Waals surface area contributed by atoms with E-state index in [-0.39, 0.29) is 6.03 Å². The van der Waals surface area contributed by atoms with Crippen LogP contribution in [0.25, 0.3) is 10.9 Å². The van der Waals surface area contributed by atoms with Crippen LogP contribution in [0.15, 0.2) is 60.8 Å². The molecule has 5 heteroatoms. The molecule has 3 aromatic rings. The highest BCUT2D eigenvalue weighted by atomic mass is 16.5. The normalized spacial score (nSPS) is 10.4. The summed E-state index contributed by atoms with van der Waals surface area (Å²) >= 11 is 0. The number of nitrogens with one attached hydrogen (secondary N) is 2. The topological polar surface area (TPSA) is 63.2 Å². The maximum atomic E-state index is 12.1. The number of benzene rings is 2. The fraction of sp³-hybridized carbons (Fsp3) is 0.158. The van der Waals surface area contributed by atoms with Crippen LogP contribution in [-0.2, 0) is 6.54 Å². The number of fused-ring (bicyclic) bond motifs is 1. The first-order valence-electron chi connectivity index (χ1n) is 7.86. The number of para-hydroxylation sites is 1. The van der Waals surface area contributed by atoms with Gasteiger partial charge in [-0.15, -0.1) is 0 Å². The molecule has 0 saturated heterocycles. The Balaban J connectivity index is 1.61. The van der Waals surface area contributed by atoms with Gasteiger partial charge in [-0.3, -0.25) is 4.98 Å². The van der Waals surface area contributed by atoms with E-state index in [1.807, 2.05) is 61.5 Å². The fourth-order valence-electron chi connectivity index (χ4n) is 2.42. The summed E-state index contributed by atoms with van der Waals surface area (Å²) in [4.78, 5) is 16.4. The molecule has 0 atom stereocenters. The Morgan fingerprint density at radius 3 is 2.67 bits per heavy atom. The summed E-state index contributed by atoms with van der Waals surface area (Å²) in [7, 11) is 0. The number of hydrogen-bond donors (Lipinski definition) is 2. The Hall–Kier alpha value is -3.08. The lowest BCUT2D eigenvalue weighted by Crippen LogP contribution is -2.28. The molecule has 0 aliphatic heterocycles. The molecular weight excluding hydrogens is 302 g/mol. The maximum Gasteiger partial charge on any atom is 0.319 e. The molecule has 0 fully saturated rings. The molecule has 5 nitrogen and oxygen atoms in total. The molecule has 2 N–H and O–H groups in total. The third-order valence-electron chi connectivity index (χ3n) is 3.57. The second kappa shape index (κ2) is 7.46. The van der Waals surface area contributed by atoms with E-state index in [9.17, 15) is 4.79 Å². The van der Waals surface area contributed by atoms with E-state index in [2.05, 4.69) is 15.6 Å². The third kappa shape index (κ3) is 3.81. The zero-order chi connectivity index (χ0) is 16.8. The Bertz CT molecular complexity index is 826. The molecule has 0 aliphatic rings. The van der Waals surface area contributed by atoms with Gasteiger partial charge < -0.3 is 15.4 Å². The Labute approximate surface area is 140 Å². The second-order valence-corrected chi connectivity index (χ2v) is 5.27. The number of carbonyl (C=O) groups excluding carboxylic acids is 1. The van der Waals surface area contributed by atoms with Crippen LogP contribution in [0.4, 0.5) is 10.5 Å². The van der Waals surface area contributed by atoms with E-state index in [1.54, 1.807) is 6.20 Å². The summed E-state index contributed by atoms with van der Waals surface area (Å²) in [6.45, 7) is 3.03. The van der Waals surface area contributed by atoms with Crippen LogP contribution in [0.3, 0.4) is 0 Å². The van der Waals surface area contributed by atoms with Crippen molar-refractivity contribution in [3.05, 3.63) is 66.4 Å². The van der Waals surface area contributed by atoms with Crippen molar-refractivity contribution in [2.45, 2.75) is 13.5 Å². The Morgan fingerprint density at radius 1 is 1.08 bits per heavy atom. The van der Waals surface area contributed by atoms with Crippen molar-refractivity contribution >= 4 is 22.6 Å². The van der Waals surface area contributed by atoms with Crippen LogP contribution in [0.5, 0.6) is 5.75 Å². The minimum Gasteiger partial charge on any atom is -0.494 e. The zero-order valence-electron chi connectivity index (χ0n) is 13.5. The minimum absolute atomic E-state index is 0.262. The lowest BCUT2D eigenvalue weighted by Gasteiger charge is -2.10. The Morgan fingerprint density at radius 2 is 1.88 bits per heavy atom. The average molecular weight is 321 g/mol. The number of amides is 2. The van der Waals surface area contributed by atoms with Gasteiger partial charge in [-0.2, -0.15) is 0 Å². The summed E-state index contributed by atoms with van der Waals surface area (Å²) in [5.74, 6) is 0.826. The smallest absolute Gasteiger partial charge is 0.319 e. The molecule has 0 radical (unpaired) electrons. The van der Waals surface area contributed by atoms with Crippen LogP contribution >= 0.6 is 0 Å². The first-order chi connectivity index (χ1) is 11.8. The van der Waals surface area contributed by atoms with Gasteiger partial charge in [0.2, 0.25) is 0 Å². The van der Waals surface area contributed by atoms with E-state index in [0.717, 1.165) is 22.2 Å². The van der Waals surface area contributed by atoms with Gasteiger partial charge in [-0.05, 0) is 36.8 Å². The van der Waals surface area contributed by atoms with Gasteiger partial charge in [0.05, 0.1) is 17.8 Å². The van der Waals surface area contributed by atoms with Crippen molar-refractivity contribution in [1.82, 2.24) is 10.3 Å². The number of pyridine rings is 1. The van der Waals surface area contributed by atoms with Gasteiger partial charge in [0.1, 0.15) is 5.75 Å². The molecule has 1 heterocycles. The number of urea groups is 1. The zero-order valence-corrected chi connectivity index (χ0v) is 13.5. The predicted molar refractivity (Wildman–Crippen MR) is 95.2 cm³/mol. The number of hydrogen-bond acceptors (Lipinski definition) is 3. The molecule has 3 rings (SSSR count). The maximum absolute atomic E-state index is 12.1. The van der Waals surface area contributed by atoms with E-state index < -0.39 is 0 Å². The van der Waals surface area contributed by atoms with Gasteiger partial charge >= 0.3 is 6.03 Å². The van der Waals surface area contributed by atoms with Crippen molar-refractivity contribution in [3.63, 3.8) is 0 Å². The summed E-state index contributed by atoms with van der Waals surface area (Å²) in [6.07, 6.45) is 1.71. The van der Waals surface area contributed by atoms with Crippen LogP contribution in [-0.4, -0.2) is 17.6 Å². The van der Waals surface area contributed by atoms with E-state index in [0.29, 0.717) is 18.8 Å². The van der Waals surface area contributed by atoms with E-state index in [1.165, 1.54) is 0 Å². The minimum atomic E-state index is -0.262. The second-order valence-electron chi connectivity index (χ2n) is 5.27. The highest BCUT2D eigenvalue weighted by Crippen LogP contribution is 2.20. The molecular formula is C19H19N3O2. The van der Waals surface area contributed by atoms with Gasteiger partial charge in [0.25, 0.3) is 0 Å². The summed E-state index contributed by atoms with van der Waals surface area (Å²) in [5.41, 5.74) is 2.47. The van der Waals surface area contributed by atoms with Gasteiger partial charge in [0, 0.05) is 18.1 Å². The SMILES string of the molecule is CCOc1ccc(CNC(=O)Nc2cccc3cccnc23)cc1. The van der Waals surface area contributed by atoms with Crippen molar-refractivity contribution in [1.29, 1.82) is 0 Å². The Kier molecular flexibility index (Phi) is 4.91. The first-order valence-corrected chi connectivity index (χ1v) is 7.86. The van der Waals surface area contributed by atoms with Crippen molar-refractivity contribution in [2.24, 2.45) is 0 Å². The van der Waals surface area contributed by atoms with Crippen LogP contribution < -0.4 is 15.4 Å². The number of anilines is 1. The van der Waals surface area contributed by atoms with Gasteiger partial charge in [-0.1, -0.05) is 30.3 Å². The van der Waals surface area contributed by atoms with Crippen LogP contribution in [0.2, 0.25) is 0 Å². The van der Waals surface area contributed by atoms with Crippen LogP contribution in [0.1, 0.15) is 12.5 Å². The van der Waals surface area contributed by atoms with Crippen LogP contribution in [0, 0.1) is 0 Å². The summed E-state index contributed by atoms with van der Waals surface area (Å²) < 4.78 is 5.40. The largest absolute Gasteiger partial charge is 0.494 e. The first kappa shape index (κ1) is 15.8. The molecule has 0 bridgehead atoms. The monoisotopic (exact) mass is 321 g/mol. The van der Waals surface area contributed by atoms with E-state index in [4.69, 9.17) is 4.74 Å². The number of rotatable bonds is 5. The number of ether oxygens (including phenoxy) is 1. The lowest BCUT2D eigenvalue weighted by atomic mass is 10.2. The molecule has 24 heavy (non-hydrogen) atoms. The molecule has 2 amide bonds. The fourth-order valence-corrected chi connectivity index (χ4v) is 2.42. The number of carbonyl (C=O) groups is 1. The predicted octanol–water partition coefficient (Wildman–Crippen LogP) is 3.96. The van der Waals surface area contributed by atoms with Gasteiger partial charge in [0.15, 0.2) is 0 Å². The average Bonchev–Trinajstić information content (AvgIpc) is 2.62. The number of nitrogens with zero attached hydrogens (tertiary/aromatic N) is 1. The summed E-state index contributed by atoms with van der Waals surface area (Å²) in [5, 5.41) is 6.68. The molecule has 122 valence electrons. The molecule has 0 spiro atoms. The van der Waals surface area contributed by atoms with Crippen molar-refractivity contribution in [2.75, 3.05) is 11.9 Å². The molecule has 1 aromatic heterocycles. The molecule has 2 aromatic carbocycles. The summed E-state index contributed by atoms with van der Waals surface area (Å²) in [6, 6.07) is 16.9. The standard InChI is InChI=1S/C19H19N3O2/c1-2-24-16-10-8-14(9-11-16)13-21-19(23)22-17-7-3-5-15-6-4-12-20-18(15)17/h3-12H,2,13H2,1H3,(H2,21,22,23). The molecule has 0 unspecified atom stereocenters. The van der Waals surface area contributed by atoms with Crippen molar-refractivity contribution in [3.8, 4) is 5.75 Å². The van der Waals surface area contributed by atoms with E-state index >= 15 is 0 Å². The number of aromatic nitrogens is 1. The highest BCUT2D eigenvalue weighted by Gasteiger charge is 2.06.